The van der Waals surface area contributed by atoms with Crippen molar-refractivity contribution in [2.75, 3.05) is 19.6 Å². The van der Waals surface area contributed by atoms with Crippen molar-refractivity contribution in [1.29, 1.82) is 0 Å². The highest BCUT2D eigenvalue weighted by Gasteiger charge is 2.33. The molecule has 0 radical (unpaired) electrons. The van der Waals surface area contributed by atoms with Gasteiger partial charge in [-0.1, -0.05) is 27.7 Å². The van der Waals surface area contributed by atoms with Crippen LogP contribution in [0.1, 0.15) is 54.4 Å². The largest absolute Gasteiger partial charge is 0.311 e. The molecular weight excluding hydrogens is 196 g/mol. The molecule has 16 heavy (non-hydrogen) atoms. The molecule has 0 aromatic heterocycles. The lowest BCUT2D eigenvalue weighted by molar-refractivity contribution is 0.0550. The summed E-state index contributed by atoms with van der Waals surface area (Å²) in [7, 11) is 0. The SMILES string of the molecule is CCC1CN(CCC(C)(C)C)C(C)(C)CN1. The lowest BCUT2D eigenvalue weighted by Crippen LogP contribution is -2.62. The molecular formula is C14H30N2. The average molecular weight is 226 g/mol. The Bertz CT molecular complexity index is 215. The van der Waals surface area contributed by atoms with E-state index in [1.165, 1.54) is 25.9 Å². The van der Waals surface area contributed by atoms with Gasteiger partial charge in [0.25, 0.3) is 0 Å². The topological polar surface area (TPSA) is 15.3 Å². The molecule has 1 N–H and O–H groups in total. The fourth-order valence-electron chi connectivity index (χ4n) is 2.22. The average Bonchev–Trinajstić information content (AvgIpc) is 2.14. The van der Waals surface area contributed by atoms with E-state index in [1.807, 2.05) is 0 Å². The van der Waals surface area contributed by atoms with E-state index in [1.54, 1.807) is 0 Å². The molecule has 1 rings (SSSR count). The fraction of sp³-hybridized carbons (Fsp3) is 1.00. The molecule has 1 aliphatic rings. The van der Waals surface area contributed by atoms with Crippen LogP contribution in [0.2, 0.25) is 0 Å². The van der Waals surface area contributed by atoms with E-state index in [9.17, 15) is 0 Å². The third kappa shape index (κ3) is 4.06. The molecule has 0 spiro atoms. The Labute approximate surface area is 102 Å². The normalized spacial score (nSPS) is 27.0. The molecule has 2 nitrogen and oxygen atoms in total. The van der Waals surface area contributed by atoms with Crippen LogP contribution < -0.4 is 5.32 Å². The fourth-order valence-corrected chi connectivity index (χ4v) is 2.22. The Kier molecular flexibility index (Phi) is 4.42. The van der Waals surface area contributed by atoms with Crippen LogP contribution in [0, 0.1) is 5.41 Å². The molecule has 96 valence electrons. The van der Waals surface area contributed by atoms with Gasteiger partial charge in [-0.15, -0.1) is 0 Å². The van der Waals surface area contributed by atoms with Gasteiger partial charge in [-0.2, -0.15) is 0 Å². The van der Waals surface area contributed by atoms with E-state index in [2.05, 4.69) is 51.8 Å². The maximum Gasteiger partial charge on any atom is 0.0278 e. The number of nitrogens with zero attached hydrogens (tertiary/aromatic N) is 1. The highest BCUT2D eigenvalue weighted by Crippen LogP contribution is 2.24. The summed E-state index contributed by atoms with van der Waals surface area (Å²) in [4.78, 5) is 2.67. The minimum absolute atomic E-state index is 0.316. The van der Waals surface area contributed by atoms with Crippen LogP contribution in [-0.4, -0.2) is 36.1 Å². The summed E-state index contributed by atoms with van der Waals surface area (Å²) in [5.41, 5.74) is 0.763. The van der Waals surface area contributed by atoms with Crippen LogP contribution in [0.3, 0.4) is 0 Å². The summed E-state index contributed by atoms with van der Waals surface area (Å²) < 4.78 is 0. The molecule has 0 saturated carbocycles. The Morgan fingerprint density at radius 1 is 1.31 bits per heavy atom. The summed E-state index contributed by atoms with van der Waals surface area (Å²) in [6.07, 6.45) is 2.52. The minimum Gasteiger partial charge on any atom is -0.311 e. The van der Waals surface area contributed by atoms with Gasteiger partial charge >= 0.3 is 0 Å². The molecule has 1 saturated heterocycles. The van der Waals surface area contributed by atoms with Crippen LogP contribution in [0.5, 0.6) is 0 Å². The van der Waals surface area contributed by atoms with E-state index in [0.717, 1.165) is 6.54 Å². The molecule has 1 atom stereocenters. The summed E-state index contributed by atoms with van der Waals surface area (Å²) in [5, 5.41) is 3.64. The summed E-state index contributed by atoms with van der Waals surface area (Å²) in [6.45, 7) is 17.5. The third-order valence-corrected chi connectivity index (χ3v) is 3.74. The molecule has 1 unspecified atom stereocenters. The van der Waals surface area contributed by atoms with Gasteiger partial charge in [0, 0.05) is 24.7 Å². The van der Waals surface area contributed by atoms with E-state index in [-0.39, 0.29) is 0 Å². The zero-order valence-electron chi connectivity index (χ0n) is 12.1. The Morgan fingerprint density at radius 2 is 1.94 bits per heavy atom. The van der Waals surface area contributed by atoms with Gasteiger partial charge in [0.2, 0.25) is 0 Å². The molecule has 0 aromatic carbocycles. The first-order chi connectivity index (χ1) is 7.24. The smallest absolute Gasteiger partial charge is 0.0278 e. The second kappa shape index (κ2) is 5.05. The highest BCUT2D eigenvalue weighted by molar-refractivity contribution is 4.92. The highest BCUT2D eigenvalue weighted by atomic mass is 15.3. The molecule has 2 heteroatoms. The second-order valence-electron chi connectivity index (χ2n) is 7.06. The van der Waals surface area contributed by atoms with Gasteiger partial charge in [0.05, 0.1) is 0 Å². The predicted octanol–water partition coefficient (Wildman–Crippen LogP) is 2.89. The quantitative estimate of drug-likeness (QED) is 0.796. The van der Waals surface area contributed by atoms with E-state index >= 15 is 0 Å². The number of hydrogen-bond acceptors (Lipinski definition) is 2. The maximum absolute atomic E-state index is 3.64. The van der Waals surface area contributed by atoms with E-state index in [4.69, 9.17) is 0 Å². The van der Waals surface area contributed by atoms with E-state index in [0.29, 0.717) is 17.0 Å². The molecule has 1 fully saturated rings. The van der Waals surface area contributed by atoms with Crippen LogP contribution in [0.25, 0.3) is 0 Å². The van der Waals surface area contributed by atoms with Crippen molar-refractivity contribution in [2.45, 2.75) is 66.0 Å². The number of nitrogens with one attached hydrogen (secondary N) is 1. The van der Waals surface area contributed by atoms with Crippen molar-refractivity contribution >= 4 is 0 Å². The first kappa shape index (κ1) is 14.0. The van der Waals surface area contributed by atoms with Gasteiger partial charge in [-0.25, -0.2) is 0 Å². The van der Waals surface area contributed by atoms with Crippen molar-refractivity contribution in [1.82, 2.24) is 10.2 Å². The molecule has 0 aromatic rings. The second-order valence-corrected chi connectivity index (χ2v) is 7.06. The van der Waals surface area contributed by atoms with E-state index < -0.39 is 0 Å². The van der Waals surface area contributed by atoms with Crippen LogP contribution in [0.4, 0.5) is 0 Å². The van der Waals surface area contributed by atoms with Crippen LogP contribution in [-0.2, 0) is 0 Å². The van der Waals surface area contributed by atoms with Crippen molar-refractivity contribution in [2.24, 2.45) is 5.41 Å². The lowest BCUT2D eigenvalue weighted by atomic mass is 9.89. The van der Waals surface area contributed by atoms with Crippen molar-refractivity contribution < 1.29 is 0 Å². The van der Waals surface area contributed by atoms with Crippen molar-refractivity contribution in [3.63, 3.8) is 0 Å². The Balaban J connectivity index is 2.53. The van der Waals surface area contributed by atoms with Gasteiger partial charge in [-0.05, 0) is 38.6 Å². The number of rotatable bonds is 3. The first-order valence-electron chi connectivity index (χ1n) is 6.73. The predicted molar refractivity (Wildman–Crippen MR) is 71.8 cm³/mol. The molecule has 0 amide bonds. The zero-order chi connectivity index (χ0) is 12.4. The minimum atomic E-state index is 0.316. The van der Waals surface area contributed by atoms with Crippen molar-refractivity contribution in [3.8, 4) is 0 Å². The Hall–Kier alpha value is -0.0800. The molecule has 0 aliphatic carbocycles. The summed E-state index contributed by atoms with van der Waals surface area (Å²) in [5.74, 6) is 0. The van der Waals surface area contributed by atoms with Gasteiger partial charge in [-0.3, -0.25) is 4.90 Å². The van der Waals surface area contributed by atoms with Gasteiger partial charge in [0.15, 0.2) is 0 Å². The van der Waals surface area contributed by atoms with Crippen LogP contribution in [0.15, 0.2) is 0 Å². The lowest BCUT2D eigenvalue weighted by Gasteiger charge is -2.47. The van der Waals surface area contributed by atoms with Gasteiger partial charge in [0.1, 0.15) is 0 Å². The van der Waals surface area contributed by atoms with Crippen LogP contribution >= 0.6 is 0 Å². The molecule has 1 aliphatic heterocycles. The summed E-state index contributed by atoms with van der Waals surface area (Å²) in [6, 6.07) is 0.688. The number of piperazine rings is 1. The standard InChI is InChI=1S/C14H30N2/c1-7-12-10-16(9-8-13(2,3)4)14(5,6)11-15-12/h12,15H,7-11H2,1-6H3. The Morgan fingerprint density at radius 3 is 2.44 bits per heavy atom. The first-order valence-corrected chi connectivity index (χ1v) is 6.73. The zero-order valence-corrected chi connectivity index (χ0v) is 12.1. The molecule has 0 bridgehead atoms. The summed E-state index contributed by atoms with van der Waals surface area (Å²) >= 11 is 0. The third-order valence-electron chi connectivity index (χ3n) is 3.74. The molecule has 1 heterocycles. The number of hydrogen-bond donors (Lipinski definition) is 1. The monoisotopic (exact) mass is 226 g/mol. The maximum atomic E-state index is 3.64. The van der Waals surface area contributed by atoms with Crippen molar-refractivity contribution in [3.05, 3.63) is 0 Å². The van der Waals surface area contributed by atoms with Gasteiger partial charge < -0.3 is 5.32 Å².